The number of hydrogen-bond donors (Lipinski definition) is 0. The Morgan fingerprint density at radius 3 is 2.80 bits per heavy atom. The molecule has 0 spiro atoms. The molecule has 0 aromatic rings. The molecule has 0 aliphatic carbocycles. The zero-order chi connectivity index (χ0) is 7.61. The lowest BCUT2D eigenvalue weighted by atomic mass is 9.80. The molecule has 1 saturated heterocycles. The summed E-state index contributed by atoms with van der Waals surface area (Å²) < 4.78 is 4.84. The predicted molar refractivity (Wildman–Crippen MR) is 38.6 cm³/mol. The van der Waals surface area contributed by atoms with Crippen molar-refractivity contribution in [1.82, 2.24) is 0 Å². The van der Waals surface area contributed by atoms with E-state index in [1.165, 1.54) is 0 Å². The highest BCUT2D eigenvalue weighted by molar-refractivity contribution is 5.70. The molecule has 0 bridgehead atoms. The number of esters is 1. The summed E-state index contributed by atoms with van der Waals surface area (Å²) >= 11 is 0. The van der Waals surface area contributed by atoms with Gasteiger partial charge in [0.25, 0.3) is 0 Å². The lowest BCUT2D eigenvalue weighted by Gasteiger charge is -2.30. The highest BCUT2D eigenvalue weighted by Gasteiger charge is 2.30. The highest BCUT2D eigenvalue weighted by atomic mass is 16.5. The third-order valence-corrected chi connectivity index (χ3v) is 2.39. The maximum Gasteiger partial charge on any atom is 0.306 e. The quantitative estimate of drug-likeness (QED) is 0.521. The van der Waals surface area contributed by atoms with Gasteiger partial charge < -0.3 is 4.74 Å². The molecule has 1 fully saturated rings. The van der Waals surface area contributed by atoms with Gasteiger partial charge in [0, 0.05) is 0 Å². The fourth-order valence-corrected chi connectivity index (χ4v) is 1.20. The van der Waals surface area contributed by atoms with Crippen LogP contribution >= 0.6 is 0 Å². The molecule has 10 heavy (non-hydrogen) atoms. The zero-order valence-corrected chi connectivity index (χ0v) is 6.64. The molecule has 1 atom stereocenters. The summed E-state index contributed by atoms with van der Waals surface area (Å²) in [6.07, 6.45) is 2.70. The molecule has 0 aromatic heterocycles. The van der Waals surface area contributed by atoms with Crippen molar-refractivity contribution in [3.63, 3.8) is 0 Å². The SMILES string of the molecule is CCC1(C)CCOC(=O)C1. The smallest absolute Gasteiger partial charge is 0.306 e. The molecular formula is C8H14O2. The number of rotatable bonds is 1. The van der Waals surface area contributed by atoms with Crippen molar-refractivity contribution in [1.29, 1.82) is 0 Å². The van der Waals surface area contributed by atoms with E-state index in [9.17, 15) is 4.79 Å². The van der Waals surface area contributed by atoms with Crippen molar-refractivity contribution < 1.29 is 9.53 Å². The van der Waals surface area contributed by atoms with Crippen LogP contribution < -0.4 is 0 Å². The zero-order valence-electron chi connectivity index (χ0n) is 6.64. The van der Waals surface area contributed by atoms with E-state index in [1.807, 2.05) is 0 Å². The third kappa shape index (κ3) is 1.49. The Bertz CT molecular complexity index is 142. The molecule has 1 rings (SSSR count). The maximum atomic E-state index is 10.8. The van der Waals surface area contributed by atoms with Gasteiger partial charge in [0.2, 0.25) is 0 Å². The van der Waals surface area contributed by atoms with E-state index in [4.69, 9.17) is 4.74 Å². The molecule has 0 N–H and O–H groups in total. The molecule has 2 nitrogen and oxygen atoms in total. The number of hydrogen-bond acceptors (Lipinski definition) is 2. The molecular weight excluding hydrogens is 128 g/mol. The van der Waals surface area contributed by atoms with Crippen LogP contribution in [-0.4, -0.2) is 12.6 Å². The number of carbonyl (C=O) groups excluding carboxylic acids is 1. The van der Waals surface area contributed by atoms with E-state index in [0.717, 1.165) is 12.8 Å². The molecule has 0 amide bonds. The molecule has 1 heterocycles. The molecule has 58 valence electrons. The van der Waals surface area contributed by atoms with Crippen molar-refractivity contribution in [3.8, 4) is 0 Å². The van der Waals surface area contributed by atoms with Crippen molar-refractivity contribution in [3.05, 3.63) is 0 Å². The van der Waals surface area contributed by atoms with Crippen LogP contribution in [0, 0.1) is 5.41 Å². The standard InChI is InChI=1S/C8H14O2/c1-3-8(2)4-5-10-7(9)6-8/h3-6H2,1-2H3. The van der Waals surface area contributed by atoms with Crippen LogP contribution in [-0.2, 0) is 9.53 Å². The summed E-state index contributed by atoms with van der Waals surface area (Å²) in [6.45, 7) is 4.88. The summed E-state index contributed by atoms with van der Waals surface area (Å²) in [7, 11) is 0. The Labute approximate surface area is 61.6 Å². The van der Waals surface area contributed by atoms with E-state index in [-0.39, 0.29) is 11.4 Å². The van der Waals surface area contributed by atoms with E-state index >= 15 is 0 Å². The first kappa shape index (κ1) is 7.58. The summed E-state index contributed by atoms with van der Waals surface area (Å²) in [5.74, 6) is -0.0319. The van der Waals surface area contributed by atoms with Crippen molar-refractivity contribution in [2.24, 2.45) is 5.41 Å². The minimum atomic E-state index is -0.0319. The van der Waals surface area contributed by atoms with Crippen molar-refractivity contribution in [2.45, 2.75) is 33.1 Å². The number of carbonyl (C=O) groups is 1. The van der Waals surface area contributed by atoms with Gasteiger partial charge in [-0.25, -0.2) is 0 Å². The predicted octanol–water partition coefficient (Wildman–Crippen LogP) is 1.74. The lowest BCUT2D eigenvalue weighted by Crippen LogP contribution is -2.29. The molecule has 1 unspecified atom stereocenters. The molecule has 2 heteroatoms. The Balaban J connectivity index is 2.53. The number of cyclic esters (lactones) is 1. The van der Waals surface area contributed by atoms with Crippen molar-refractivity contribution >= 4 is 5.97 Å². The second kappa shape index (κ2) is 2.60. The summed E-state index contributed by atoms with van der Waals surface area (Å²) in [4.78, 5) is 10.8. The Morgan fingerprint density at radius 1 is 1.70 bits per heavy atom. The van der Waals surface area contributed by atoms with Gasteiger partial charge in [-0.3, -0.25) is 4.79 Å². The van der Waals surface area contributed by atoms with Gasteiger partial charge in [0.05, 0.1) is 13.0 Å². The van der Waals surface area contributed by atoms with Crippen LogP contribution in [0.2, 0.25) is 0 Å². The molecule has 1 aliphatic rings. The van der Waals surface area contributed by atoms with E-state index in [1.54, 1.807) is 0 Å². The Kier molecular flexibility index (Phi) is 1.97. The first-order valence-corrected chi connectivity index (χ1v) is 3.82. The first-order valence-electron chi connectivity index (χ1n) is 3.82. The maximum absolute atomic E-state index is 10.8. The van der Waals surface area contributed by atoms with Crippen LogP contribution in [0.25, 0.3) is 0 Å². The Morgan fingerprint density at radius 2 is 2.40 bits per heavy atom. The van der Waals surface area contributed by atoms with Gasteiger partial charge >= 0.3 is 5.97 Å². The molecule has 0 radical (unpaired) electrons. The Hall–Kier alpha value is -0.530. The average molecular weight is 142 g/mol. The molecule has 0 saturated carbocycles. The fraction of sp³-hybridized carbons (Fsp3) is 0.875. The largest absolute Gasteiger partial charge is 0.466 e. The first-order chi connectivity index (χ1) is 4.66. The lowest BCUT2D eigenvalue weighted by molar-refractivity contribution is -0.152. The van der Waals surface area contributed by atoms with E-state index in [0.29, 0.717) is 13.0 Å². The van der Waals surface area contributed by atoms with Gasteiger partial charge in [-0.1, -0.05) is 20.3 Å². The van der Waals surface area contributed by atoms with Gasteiger partial charge in [0.15, 0.2) is 0 Å². The summed E-state index contributed by atoms with van der Waals surface area (Å²) in [6, 6.07) is 0. The van der Waals surface area contributed by atoms with Crippen LogP contribution in [0.3, 0.4) is 0 Å². The van der Waals surface area contributed by atoms with Crippen LogP contribution in [0.5, 0.6) is 0 Å². The normalized spacial score (nSPS) is 33.6. The van der Waals surface area contributed by atoms with Crippen LogP contribution in [0.4, 0.5) is 0 Å². The molecule has 1 aliphatic heterocycles. The topological polar surface area (TPSA) is 26.3 Å². The van der Waals surface area contributed by atoms with Gasteiger partial charge in [-0.2, -0.15) is 0 Å². The van der Waals surface area contributed by atoms with Crippen molar-refractivity contribution in [2.75, 3.05) is 6.61 Å². The van der Waals surface area contributed by atoms with Gasteiger partial charge in [-0.15, -0.1) is 0 Å². The van der Waals surface area contributed by atoms with E-state index in [2.05, 4.69) is 13.8 Å². The minimum Gasteiger partial charge on any atom is -0.466 e. The highest BCUT2D eigenvalue weighted by Crippen LogP contribution is 2.33. The van der Waals surface area contributed by atoms with Gasteiger partial charge in [-0.05, 0) is 11.8 Å². The monoisotopic (exact) mass is 142 g/mol. The second-order valence-corrected chi connectivity index (χ2v) is 3.31. The average Bonchev–Trinajstić information content (AvgIpc) is 1.88. The van der Waals surface area contributed by atoms with Gasteiger partial charge in [0.1, 0.15) is 0 Å². The summed E-state index contributed by atoms with van der Waals surface area (Å²) in [5.41, 5.74) is 0.218. The molecule has 0 aromatic carbocycles. The van der Waals surface area contributed by atoms with Crippen LogP contribution in [0.15, 0.2) is 0 Å². The fourth-order valence-electron chi connectivity index (χ4n) is 1.20. The second-order valence-electron chi connectivity index (χ2n) is 3.31. The summed E-state index contributed by atoms with van der Waals surface area (Å²) in [5, 5.41) is 0. The minimum absolute atomic E-state index is 0.0319. The third-order valence-electron chi connectivity index (χ3n) is 2.39. The number of ether oxygens (including phenoxy) is 1. The van der Waals surface area contributed by atoms with Crippen LogP contribution in [0.1, 0.15) is 33.1 Å². The van der Waals surface area contributed by atoms with E-state index < -0.39 is 0 Å².